The second-order valence-corrected chi connectivity index (χ2v) is 6.59. The van der Waals surface area contributed by atoms with Gasteiger partial charge in [0.05, 0.1) is 11.8 Å². The van der Waals surface area contributed by atoms with E-state index >= 15 is 0 Å². The Bertz CT molecular complexity index is 682. The van der Waals surface area contributed by atoms with Crippen LogP contribution >= 0.6 is 11.3 Å². The van der Waals surface area contributed by atoms with Crippen molar-refractivity contribution >= 4 is 23.0 Å². The maximum absolute atomic E-state index is 12.5. The Morgan fingerprint density at radius 2 is 2.09 bits per heavy atom. The molecule has 3 rings (SSSR count). The van der Waals surface area contributed by atoms with Crippen molar-refractivity contribution in [3.63, 3.8) is 0 Å². The summed E-state index contributed by atoms with van der Waals surface area (Å²) >= 11 is 1.63. The number of carbonyl (C=O) groups excluding carboxylic acids is 1. The summed E-state index contributed by atoms with van der Waals surface area (Å²) in [4.78, 5) is 19.1. The Morgan fingerprint density at radius 3 is 2.77 bits per heavy atom. The van der Waals surface area contributed by atoms with Crippen LogP contribution in [-0.2, 0) is 9.63 Å². The van der Waals surface area contributed by atoms with Crippen molar-refractivity contribution in [2.24, 2.45) is 5.16 Å². The zero-order valence-corrected chi connectivity index (χ0v) is 13.4. The van der Waals surface area contributed by atoms with Gasteiger partial charge in [0.1, 0.15) is 0 Å². The van der Waals surface area contributed by atoms with Gasteiger partial charge < -0.3 is 10.2 Å². The predicted octanol–water partition coefficient (Wildman–Crippen LogP) is 3.51. The molecule has 0 radical (unpaired) electrons. The molecular formula is C17H18N2O2S. The van der Waals surface area contributed by atoms with Gasteiger partial charge in [-0.1, -0.05) is 41.6 Å². The molecule has 0 spiro atoms. The van der Waals surface area contributed by atoms with E-state index in [4.69, 9.17) is 4.84 Å². The molecule has 2 unspecified atom stereocenters. The van der Waals surface area contributed by atoms with Gasteiger partial charge in [0.15, 0.2) is 0 Å². The van der Waals surface area contributed by atoms with Crippen LogP contribution in [0.1, 0.15) is 36.8 Å². The van der Waals surface area contributed by atoms with Crippen LogP contribution in [0.25, 0.3) is 0 Å². The van der Waals surface area contributed by atoms with E-state index in [1.807, 2.05) is 54.8 Å². The van der Waals surface area contributed by atoms with E-state index in [1.54, 1.807) is 18.3 Å². The summed E-state index contributed by atoms with van der Waals surface area (Å²) in [6.45, 7) is 3.75. The molecule has 22 heavy (non-hydrogen) atoms. The maximum atomic E-state index is 12.5. The summed E-state index contributed by atoms with van der Waals surface area (Å²) in [5, 5.41) is 9.12. The standard InChI is InChI=1S/C17H18N2O2S/c1-12(15-9-6-10-22-15)18-16(20)17(2)11-14(19-21-17)13-7-4-3-5-8-13/h3-10,12H,11H2,1-2H3,(H,18,20). The van der Waals surface area contributed by atoms with Crippen LogP contribution in [0.15, 0.2) is 53.0 Å². The summed E-state index contributed by atoms with van der Waals surface area (Å²) in [5.74, 6) is -0.136. The molecule has 2 atom stereocenters. The molecule has 0 bridgehead atoms. The van der Waals surface area contributed by atoms with Crippen LogP contribution in [0, 0.1) is 0 Å². The Hall–Kier alpha value is -2.14. The molecule has 2 aromatic rings. The fourth-order valence-corrected chi connectivity index (χ4v) is 3.14. The number of oxime groups is 1. The van der Waals surface area contributed by atoms with Crippen LogP contribution in [0.2, 0.25) is 0 Å². The summed E-state index contributed by atoms with van der Waals surface area (Å²) in [7, 11) is 0. The van der Waals surface area contributed by atoms with Crippen molar-refractivity contribution in [1.29, 1.82) is 0 Å². The maximum Gasteiger partial charge on any atom is 0.267 e. The Labute approximate surface area is 133 Å². The topological polar surface area (TPSA) is 50.7 Å². The van der Waals surface area contributed by atoms with Gasteiger partial charge in [-0.05, 0) is 30.9 Å². The number of rotatable bonds is 4. The normalized spacial score (nSPS) is 21.8. The Morgan fingerprint density at radius 1 is 1.32 bits per heavy atom. The molecule has 1 aromatic carbocycles. The summed E-state index contributed by atoms with van der Waals surface area (Å²) in [6, 6.07) is 13.8. The van der Waals surface area contributed by atoms with Gasteiger partial charge >= 0.3 is 0 Å². The molecule has 1 aliphatic rings. The lowest BCUT2D eigenvalue weighted by molar-refractivity contribution is -0.142. The third-order valence-electron chi connectivity index (χ3n) is 3.77. The van der Waals surface area contributed by atoms with Crippen LogP contribution < -0.4 is 5.32 Å². The second-order valence-electron chi connectivity index (χ2n) is 5.61. The molecule has 114 valence electrons. The van der Waals surface area contributed by atoms with Crippen LogP contribution in [0.3, 0.4) is 0 Å². The molecule has 0 fully saturated rings. The van der Waals surface area contributed by atoms with Gasteiger partial charge in [-0.3, -0.25) is 4.79 Å². The smallest absolute Gasteiger partial charge is 0.267 e. The van der Waals surface area contributed by atoms with Crippen LogP contribution in [0.5, 0.6) is 0 Å². The summed E-state index contributed by atoms with van der Waals surface area (Å²) < 4.78 is 0. The zero-order valence-electron chi connectivity index (χ0n) is 12.6. The largest absolute Gasteiger partial charge is 0.379 e. The number of thiophene rings is 1. The molecule has 1 N–H and O–H groups in total. The van der Waals surface area contributed by atoms with E-state index in [-0.39, 0.29) is 11.9 Å². The van der Waals surface area contributed by atoms with E-state index in [2.05, 4.69) is 10.5 Å². The lowest BCUT2D eigenvalue weighted by Gasteiger charge is -2.23. The molecule has 0 saturated carbocycles. The molecule has 1 aliphatic heterocycles. The molecule has 1 aromatic heterocycles. The van der Waals surface area contributed by atoms with Crippen molar-refractivity contribution in [2.75, 3.05) is 0 Å². The monoisotopic (exact) mass is 314 g/mol. The first-order chi connectivity index (χ1) is 10.6. The second kappa shape index (κ2) is 5.93. The third kappa shape index (κ3) is 2.90. The zero-order chi connectivity index (χ0) is 15.6. The molecule has 0 aliphatic carbocycles. The van der Waals surface area contributed by atoms with Gasteiger partial charge in [-0.15, -0.1) is 11.3 Å². The highest BCUT2D eigenvalue weighted by Gasteiger charge is 2.42. The van der Waals surface area contributed by atoms with E-state index in [0.29, 0.717) is 6.42 Å². The highest BCUT2D eigenvalue weighted by Crippen LogP contribution is 2.28. The van der Waals surface area contributed by atoms with Crippen LogP contribution in [-0.4, -0.2) is 17.2 Å². The van der Waals surface area contributed by atoms with Gasteiger partial charge in [0, 0.05) is 11.3 Å². The molecule has 4 nitrogen and oxygen atoms in total. The lowest BCUT2D eigenvalue weighted by atomic mass is 9.95. The minimum atomic E-state index is -0.948. The fraction of sp³-hybridized carbons (Fsp3) is 0.294. The van der Waals surface area contributed by atoms with E-state index in [9.17, 15) is 4.79 Å². The van der Waals surface area contributed by atoms with Crippen molar-refractivity contribution < 1.29 is 9.63 Å². The van der Waals surface area contributed by atoms with Crippen molar-refractivity contribution in [2.45, 2.75) is 31.9 Å². The number of hydrogen-bond donors (Lipinski definition) is 1. The summed E-state index contributed by atoms with van der Waals surface area (Å²) in [6.07, 6.45) is 0.472. The average molecular weight is 314 g/mol. The first kappa shape index (κ1) is 14.8. The first-order valence-corrected chi connectivity index (χ1v) is 8.11. The number of hydrogen-bond acceptors (Lipinski definition) is 4. The predicted molar refractivity (Wildman–Crippen MR) is 88.0 cm³/mol. The van der Waals surface area contributed by atoms with E-state index < -0.39 is 5.60 Å². The number of nitrogens with one attached hydrogen (secondary N) is 1. The molecule has 2 heterocycles. The average Bonchev–Trinajstić information content (AvgIpc) is 3.18. The minimum absolute atomic E-state index is 0.0336. The fourth-order valence-electron chi connectivity index (χ4n) is 2.41. The summed E-state index contributed by atoms with van der Waals surface area (Å²) in [5.41, 5.74) is 0.851. The Balaban J connectivity index is 1.67. The number of nitrogens with zero attached hydrogens (tertiary/aromatic N) is 1. The highest BCUT2D eigenvalue weighted by atomic mass is 32.1. The number of benzene rings is 1. The molecule has 5 heteroatoms. The van der Waals surface area contributed by atoms with Gasteiger partial charge in [0.25, 0.3) is 5.91 Å². The van der Waals surface area contributed by atoms with E-state index in [1.165, 1.54) is 0 Å². The van der Waals surface area contributed by atoms with Crippen molar-refractivity contribution in [3.8, 4) is 0 Å². The lowest BCUT2D eigenvalue weighted by Crippen LogP contribution is -2.45. The van der Waals surface area contributed by atoms with Gasteiger partial charge in [0.2, 0.25) is 5.60 Å². The molecule has 0 saturated heterocycles. The minimum Gasteiger partial charge on any atom is -0.379 e. The quantitative estimate of drug-likeness (QED) is 0.939. The molecular weight excluding hydrogens is 296 g/mol. The SMILES string of the molecule is CC(NC(=O)C1(C)CC(c2ccccc2)=NO1)c1cccs1. The number of amides is 1. The Kier molecular flexibility index (Phi) is 3.98. The first-order valence-electron chi connectivity index (χ1n) is 7.23. The van der Waals surface area contributed by atoms with Crippen molar-refractivity contribution in [3.05, 3.63) is 58.3 Å². The highest BCUT2D eigenvalue weighted by molar-refractivity contribution is 7.10. The van der Waals surface area contributed by atoms with Gasteiger partial charge in [-0.25, -0.2) is 0 Å². The third-order valence-corrected chi connectivity index (χ3v) is 4.82. The molecule has 1 amide bonds. The van der Waals surface area contributed by atoms with Crippen LogP contribution in [0.4, 0.5) is 0 Å². The van der Waals surface area contributed by atoms with E-state index in [0.717, 1.165) is 16.2 Å². The van der Waals surface area contributed by atoms with Crippen molar-refractivity contribution in [1.82, 2.24) is 5.32 Å². The van der Waals surface area contributed by atoms with Gasteiger partial charge in [-0.2, -0.15) is 0 Å². The number of carbonyl (C=O) groups is 1.